The molecule has 0 unspecified atom stereocenters. The predicted molar refractivity (Wildman–Crippen MR) is 106 cm³/mol. The number of benzene rings is 1. The maximum atomic E-state index is 13.7. The van der Waals surface area contributed by atoms with E-state index in [4.69, 9.17) is 0 Å². The molecule has 2 atom stereocenters. The maximum Gasteiger partial charge on any atom is 0.233 e. The van der Waals surface area contributed by atoms with Crippen LogP contribution in [0.15, 0.2) is 29.2 Å². The highest BCUT2D eigenvalue weighted by Gasteiger charge is 2.46. The summed E-state index contributed by atoms with van der Waals surface area (Å²) in [5.41, 5.74) is 0.351. The zero-order chi connectivity index (χ0) is 19.9. The second-order valence-corrected chi connectivity index (χ2v) is 10.6. The molecule has 0 radical (unpaired) electrons. The normalized spacial score (nSPS) is 27.2. The topological polar surface area (TPSA) is 83.6 Å². The molecule has 4 rings (SSSR count). The van der Waals surface area contributed by atoms with E-state index in [0.29, 0.717) is 19.5 Å². The molecule has 1 N–H and O–H groups in total. The molecule has 1 aromatic carbocycles. The van der Waals surface area contributed by atoms with Gasteiger partial charge in [0.1, 0.15) is 0 Å². The number of likely N-dealkylation sites (tertiary alicyclic amines) is 1. The van der Waals surface area contributed by atoms with Gasteiger partial charge in [-0.15, -0.1) is 0 Å². The molecule has 1 aromatic rings. The van der Waals surface area contributed by atoms with E-state index in [9.17, 15) is 18.0 Å². The Labute approximate surface area is 166 Å². The van der Waals surface area contributed by atoms with Crippen molar-refractivity contribution >= 4 is 21.7 Å². The van der Waals surface area contributed by atoms with Crippen LogP contribution in [0.3, 0.4) is 0 Å². The molecule has 1 saturated carbocycles. The molecule has 2 heterocycles. The number of rotatable bonds is 3. The Kier molecular flexibility index (Phi) is 4.98. The number of nitrogens with one attached hydrogen (secondary N) is 1. The second kappa shape index (κ2) is 7.17. The van der Waals surface area contributed by atoms with Crippen LogP contribution in [0.25, 0.3) is 0 Å². The quantitative estimate of drug-likeness (QED) is 0.836. The number of hydrogen-bond acceptors (Lipinski definition) is 4. The first kappa shape index (κ1) is 19.4. The van der Waals surface area contributed by atoms with Crippen molar-refractivity contribution in [2.24, 2.45) is 5.92 Å². The maximum absolute atomic E-state index is 13.7. The summed E-state index contributed by atoms with van der Waals surface area (Å²) in [6.07, 6.45) is 7.23. The van der Waals surface area contributed by atoms with Gasteiger partial charge in [0.05, 0.1) is 10.3 Å². The minimum atomic E-state index is -3.26. The lowest BCUT2D eigenvalue weighted by Gasteiger charge is -2.43. The van der Waals surface area contributed by atoms with Gasteiger partial charge in [-0.1, -0.05) is 31.4 Å². The highest BCUT2D eigenvalue weighted by molar-refractivity contribution is 7.90. The number of carbonyl (C=O) groups is 2. The van der Waals surface area contributed by atoms with Gasteiger partial charge in [0.25, 0.3) is 0 Å². The van der Waals surface area contributed by atoms with Crippen LogP contribution >= 0.6 is 0 Å². The number of sulfone groups is 1. The van der Waals surface area contributed by atoms with E-state index >= 15 is 0 Å². The van der Waals surface area contributed by atoms with Crippen molar-refractivity contribution in [1.82, 2.24) is 10.2 Å². The average Bonchev–Trinajstić information content (AvgIpc) is 3.06. The lowest BCUT2D eigenvalue weighted by molar-refractivity contribution is -0.141. The summed E-state index contributed by atoms with van der Waals surface area (Å²) >= 11 is 0. The summed E-state index contributed by atoms with van der Waals surface area (Å²) in [5.74, 6) is 0.448. The Hall–Kier alpha value is -1.89. The molecule has 2 saturated heterocycles. The Morgan fingerprint density at radius 2 is 1.82 bits per heavy atom. The van der Waals surface area contributed by atoms with Crippen LogP contribution in [0.2, 0.25) is 0 Å². The standard InChI is InChI=1S/C21H28N2O4S/c1-28(26,27)17-7-5-16(6-8-17)21(10-3-2-4-11-21)20(25)23-12-9-18-15(14-23)13-19(24)22-18/h5-8,15,18H,2-4,9-14H2,1H3,(H,22,24)/t15-,18+/m1/s1. The van der Waals surface area contributed by atoms with Gasteiger partial charge in [-0.25, -0.2) is 8.42 Å². The largest absolute Gasteiger partial charge is 0.353 e. The minimum absolute atomic E-state index is 0.0908. The monoisotopic (exact) mass is 404 g/mol. The fourth-order valence-corrected chi connectivity index (χ4v) is 5.85. The number of piperidine rings is 1. The van der Waals surface area contributed by atoms with Crippen LogP contribution < -0.4 is 5.32 Å². The minimum Gasteiger partial charge on any atom is -0.353 e. The smallest absolute Gasteiger partial charge is 0.233 e. The van der Waals surface area contributed by atoms with E-state index in [1.165, 1.54) is 6.26 Å². The summed E-state index contributed by atoms with van der Waals surface area (Å²) in [4.78, 5) is 27.7. The molecule has 0 spiro atoms. The molecule has 3 aliphatic rings. The Morgan fingerprint density at radius 3 is 2.46 bits per heavy atom. The molecule has 3 fully saturated rings. The fourth-order valence-electron chi connectivity index (χ4n) is 5.22. The third kappa shape index (κ3) is 3.45. The molecule has 1 aliphatic carbocycles. The van der Waals surface area contributed by atoms with E-state index in [1.54, 1.807) is 12.1 Å². The number of carbonyl (C=O) groups excluding carboxylic acids is 2. The first-order valence-corrected chi connectivity index (χ1v) is 12.1. The number of hydrogen-bond donors (Lipinski definition) is 1. The van der Waals surface area contributed by atoms with Gasteiger partial charge in [-0.05, 0) is 37.0 Å². The SMILES string of the molecule is CS(=O)(=O)c1ccc(C2(C(=O)N3CC[C@@H]4NC(=O)C[C@@H]4C3)CCCCC2)cc1. The molecule has 152 valence electrons. The summed E-state index contributed by atoms with van der Waals surface area (Å²) in [7, 11) is -3.26. The zero-order valence-electron chi connectivity index (χ0n) is 16.3. The second-order valence-electron chi connectivity index (χ2n) is 8.62. The van der Waals surface area contributed by atoms with Gasteiger partial charge in [-0.2, -0.15) is 0 Å². The lowest BCUT2D eigenvalue weighted by Crippen LogP contribution is -2.54. The van der Waals surface area contributed by atoms with Gasteiger partial charge in [0.15, 0.2) is 9.84 Å². The van der Waals surface area contributed by atoms with Crippen molar-refractivity contribution in [3.8, 4) is 0 Å². The van der Waals surface area contributed by atoms with E-state index in [2.05, 4.69) is 5.32 Å². The first-order valence-electron chi connectivity index (χ1n) is 10.2. The van der Waals surface area contributed by atoms with Crippen molar-refractivity contribution in [1.29, 1.82) is 0 Å². The predicted octanol–water partition coefficient (Wildman–Crippen LogP) is 2.03. The van der Waals surface area contributed by atoms with Gasteiger partial charge >= 0.3 is 0 Å². The number of nitrogens with zero attached hydrogens (tertiary/aromatic N) is 1. The van der Waals surface area contributed by atoms with Crippen LogP contribution in [0.5, 0.6) is 0 Å². The van der Waals surface area contributed by atoms with E-state index in [-0.39, 0.29) is 28.7 Å². The van der Waals surface area contributed by atoms with E-state index < -0.39 is 15.3 Å². The summed E-state index contributed by atoms with van der Waals surface area (Å²) in [5, 5.41) is 3.02. The number of amides is 2. The van der Waals surface area contributed by atoms with Gasteiger partial charge in [0, 0.05) is 37.7 Å². The van der Waals surface area contributed by atoms with Crippen molar-refractivity contribution in [3.63, 3.8) is 0 Å². The van der Waals surface area contributed by atoms with Crippen molar-refractivity contribution in [3.05, 3.63) is 29.8 Å². The molecule has 0 bridgehead atoms. The average molecular weight is 405 g/mol. The van der Waals surface area contributed by atoms with Crippen LogP contribution in [-0.2, 0) is 24.8 Å². The van der Waals surface area contributed by atoms with Crippen molar-refractivity contribution in [2.75, 3.05) is 19.3 Å². The Morgan fingerprint density at radius 1 is 1.14 bits per heavy atom. The third-order valence-corrected chi connectivity index (χ3v) is 7.90. The summed E-state index contributed by atoms with van der Waals surface area (Å²) in [6, 6.07) is 7.10. The Bertz CT molecular complexity index is 872. The van der Waals surface area contributed by atoms with Gasteiger partial charge in [0.2, 0.25) is 11.8 Å². The molecular formula is C21H28N2O4S. The molecule has 6 nitrogen and oxygen atoms in total. The van der Waals surface area contributed by atoms with Crippen LogP contribution in [-0.4, -0.2) is 50.5 Å². The molecule has 0 aromatic heterocycles. The van der Waals surface area contributed by atoms with E-state index in [1.807, 2.05) is 17.0 Å². The summed E-state index contributed by atoms with van der Waals surface area (Å²) < 4.78 is 23.6. The number of fused-ring (bicyclic) bond motifs is 1. The van der Waals surface area contributed by atoms with Crippen LogP contribution in [0.4, 0.5) is 0 Å². The lowest BCUT2D eigenvalue weighted by atomic mass is 9.68. The molecular weight excluding hydrogens is 376 g/mol. The zero-order valence-corrected chi connectivity index (χ0v) is 17.1. The van der Waals surface area contributed by atoms with Crippen LogP contribution in [0, 0.1) is 5.92 Å². The van der Waals surface area contributed by atoms with Crippen molar-refractivity contribution in [2.45, 2.75) is 61.3 Å². The third-order valence-electron chi connectivity index (χ3n) is 6.77. The highest BCUT2D eigenvalue weighted by Crippen LogP contribution is 2.42. The van der Waals surface area contributed by atoms with Gasteiger partial charge in [-0.3, -0.25) is 9.59 Å². The first-order chi connectivity index (χ1) is 13.3. The summed E-state index contributed by atoms with van der Waals surface area (Å²) in [6.45, 7) is 1.30. The van der Waals surface area contributed by atoms with Crippen LogP contribution in [0.1, 0.15) is 50.5 Å². The van der Waals surface area contributed by atoms with Gasteiger partial charge < -0.3 is 10.2 Å². The fraction of sp³-hybridized carbons (Fsp3) is 0.619. The molecule has 2 amide bonds. The van der Waals surface area contributed by atoms with E-state index in [0.717, 1.165) is 44.1 Å². The van der Waals surface area contributed by atoms with Crippen molar-refractivity contribution < 1.29 is 18.0 Å². The molecule has 2 aliphatic heterocycles. The highest BCUT2D eigenvalue weighted by atomic mass is 32.2. The Balaban J connectivity index is 1.62. The molecule has 7 heteroatoms. The molecule has 28 heavy (non-hydrogen) atoms.